The SMILES string of the molecule is CCC1CCCCN1C(=O)C1CC2C=CC1C2. The standard InChI is InChI=1S/C15H23NO/c1-2-13-5-3-4-8-16(13)15(17)14-10-11-6-7-12(14)9-11/h6-7,11-14H,2-5,8-10H2,1H3. The number of hydrogen-bond donors (Lipinski definition) is 0. The highest BCUT2D eigenvalue weighted by atomic mass is 16.2. The van der Waals surface area contributed by atoms with Gasteiger partial charge in [-0.2, -0.15) is 0 Å². The van der Waals surface area contributed by atoms with Gasteiger partial charge in [0.25, 0.3) is 0 Å². The molecular formula is C15H23NO. The summed E-state index contributed by atoms with van der Waals surface area (Å²) in [7, 11) is 0. The van der Waals surface area contributed by atoms with E-state index < -0.39 is 0 Å². The topological polar surface area (TPSA) is 20.3 Å². The Labute approximate surface area is 104 Å². The molecule has 0 aromatic carbocycles. The lowest BCUT2D eigenvalue weighted by Crippen LogP contribution is -2.46. The van der Waals surface area contributed by atoms with E-state index in [4.69, 9.17) is 0 Å². The smallest absolute Gasteiger partial charge is 0.226 e. The van der Waals surface area contributed by atoms with Gasteiger partial charge in [-0.05, 0) is 50.4 Å². The summed E-state index contributed by atoms with van der Waals surface area (Å²) >= 11 is 0. The van der Waals surface area contributed by atoms with Crippen LogP contribution in [0.4, 0.5) is 0 Å². The van der Waals surface area contributed by atoms with Crippen molar-refractivity contribution in [2.45, 2.75) is 51.5 Å². The van der Waals surface area contributed by atoms with E-state index in [0.29, 0.717) is 29.7 Å². The minimum atomic E-state index is 0.317. The molecular weight excluding hydrogens is 210 g/mol. The summed E-state index contributed by atoms with van der Waals surface area (Å²) in [5, 5.41) is 0. The fourth-order valence-electron chi connectivity index (χ4n) is 3.99. The van der Waals surface area contributed by atoms with Gasteiger partial charge in [0.15, 0.2) is 0 Å². The quantitative estimate of drug-likeness (QED) is 0.671. The highest BCUT2D eigenvalue weighted by Crippen LogP contribution is 2.44. The Morgan fingerprint density at radius 1 is 1.29 bits per heavy atom. The Morgan fingerprint density at radius 2 is 2.18 bits per heavy atom. The molecule has 2 fully saturated rings. The first kappa shape index (κ1) is 11.3. The largest absolute Gasteiger partial charge is 0.339 e. The molecule has 0 N–H and O–H groups in total. The monoisotopic (exact) mass is 233 g/mol. The second kappa shape index (κ2) is 4.47. The Kier molecular flexibility index (Phi) is 2.97. The maximum Gasteiger partial charge on any atom is 0.226 e. The van der Waals surface area contributed by atoms with Gasteiger partial charge in [-0.15, -0.1) is 0 Å². The molecule has 1 amide bonds. The van der Waals surface area contributed by atoms with Crippen LogP contribution < -0.4 is 0 Å². The lowest BCUT2D eigenvalue weighted by molar-refractivity contribution is -0.140. The molecule has 1 saturated heterocycles. The van der Waals surface area contributed by atoms with Crippen molar-refractivity contribution in [3.63, 3.8) is 0 Å². The van der Waals surface area contributed by atoms with E-state index in [-0.39, 0.29) is 0 Å². The fourth-order valence-corrected chi connectivity index (χ4v) is 3.99. The Bertz CT molecular complexity index is 336. The van der Waals surface area contributed by atoms with Crippen molar-refractivity contribution in [2.75, 3.05) is 6.54 Å². The first-order valence-corrected chi connectivity index (χ1v) is 7.28. The summed E-state index contributed by atoms with van der Waals surface area (Å²) in [6.07, 6.45) is 11.8. The molecule has 1 aliphatic heterocycles. The molecule has 2 bridgehead atoms. The summed E-state index contributed by atoms with van der Waals surface area (Å²) in [6.45, 7) is 3.23. The minimum Gasteiger partial charge on any atom is -0.339 e. The van der Waals surface area contributed by atoms with Crippen molar-refractivity contribution in [3.05, 3.63) is 12.2 Å². The molecule has 1 saturated carbocycles. The Hall–Kier alpha value is -0.790. The van der Waals surface area contributed by atoms with E-state index in [1.165, 1.54) is 25.7 Å². The average Bonchev–Trinajstić information content (AvgIpc) is 3.00. The van der Waals surface area contributed by atoms with Crippen LogP contribution in [-0.4, -0.2) is 23.4 Å². The zero-order valence-electron chi connectivity index (χ0n) is 10.8. The van der Waals surface area contributed by atoms with Gasteiger partial charge in [-0.25, -0.2) is 0 Å². The first-order chi connectivity index (χ1) is 8.29. The minimum absolute atomic E-state index is 0.317. The molecule has 0 aromatic rings. The Morgan fingerprint density at radius 3 is 2.82 bits per heavy atom. The lowest BCUT2D eigenvalue weighted by atomic mass is 9.90. The van der Waals surface area contributed by atoms with Crippen LogP contribution in [0.1, 0.15) is 45.4 Å². The zero-order chi connectivity index (χ0) is 11.8. The molecule has 2 aliphatic carbocycles. The molecule has 4 unspecified atom stereocenters. The molecule has 1 heterocycles. The molecule has 2 nitrogen and oxygen atoms in total. The number of carbonyl (C=O) groups is 1. The van der Waals surface area contributed by atoms with Gasteiger partial charge >= 0.3 is 0 Å². The third-order valence-electron chi connectivity index (χ3n) is 4.98. The van der Waals surface area contributed by atoms with Crippen LogP contribution in [0.2, 0.25) is 0 Å². The van der Waals surface area contributed by atoms with E-state index in [9.17, 15) is 4.79 Å². The van der Waals surface area contributed by atoms with Crippen molar-refractivity contribution in [3.8, 4) is 0 Å². The maximum atomic E-state index is 12.7. The third-order valence-corrected chi connectivity index (χ3v) is 4.98. The number of carbonyl (C=O) groups excluding carboxylic acids is 1. The first-order valence-electron chi connectivity index (χ1n) is 7.28. The van der Waals surface area contributed by atoms with Gasteiger partial charge in [0.2, 0.25) is 5.91 Å². The fraction of sp³-hybridized carbons (Fsp3) is 0.800. The summed E-state index contributed by atoms with van der Waals surface area (Å²) in [5.41, 5.74) is 0. The van der Waals surface area contributed by atoms with Crippen LogP contribution in [0.25, 0.3) is 0 Å². The predicted octanol–water partition coefficient (Wildman–Crippen LogP) is 2.99. The van der Waals surface area contributed by atoms with E-state index in [2.05, 4.69) is 24.0 Å². The normalized spacial score (nSPS) is 39.9. The van der Waals surface area contributed by atoms with Crippen LogP contribution in [0.5, 0.6) is 0 Å². The van der Waals surface area contributed by atoms with Crippen molar-refractivity contribution in [1.82, 2.24) is 4.90 Å². The molecule has 0 radical (unpaired) electrons. The number of fused-ring (bicyclic) bond motifs is 2. The highest BCUT2D eigenvalue weighted by molar-refractivity contribution is 5.80. The van der Waals surface area contributed by atoms with Crippen molar-refractivity contribution >= 4 is 5.91 Å². The van der Waals surface area contributed by atoms with Crippen LogP contribution in [0.3, 0.4) is 0 Å². The maximum absolute atomic E-state index is 12.7. The molecule has 4 atom stereocenters. The summed E-state index contributed by atoms with van der Waals surface area (Å²) < 4.78 is 0. The number of likely N-dealkylation sites (tertiary alicyclic amines) is 1. The van der Waals surface area contributed by atoms with Crippen LogP contribution >= 0.6 is 0 Å². The second-order valence-electron chi connectivity index (χ2n) is 5.98. The summed E-state index contributed by atoms with van der Waals surface area (Å²) in [5.74, 6) is 2.05. The Balaban J connectivity index is 1.70. The molecule has 2 heteroatoms. The lowest BCUT2D eigenvalue weighted by Gasteiger charge is -2.38. The van der Waals surface area contributed by atoms with Crippen molar-refractivity contribution < 1.29 is 4.79 Å². The van der Waals surface area contributed by atoms with Crippen LogP contribution in [-0.2, 0) is 4.79 Å². The van der Waals surface area contributed by atoms with Crippen LogP contribution in [0, 0.1) is 17.8 Å². The number of piperidine rings is 1. The van der Waals surface area contributed by atoms with E-state index >= 15 is 0 Å². The summed E-state index contributed by atoms with van der Waals surface area (Å²) in [6, 6.07) is 0.527. The third kappa shape index (κ3) is 1.92. The number of nitrogens with zero attached hydrogens (tertiary/aromatic N) is 1. The number of hydrogen-bond acceptors (Lipinski definition) is 1. The molecule has 94 valence electrons. The van der Waals surface area contributed by atoms with E-state index in [0.717, 1.165) is 19.4 Å². The summed E-state index contributed by atoms with van der Waals surface area (Å²) in [4.78, 5) is 14.9. The van der Waals surface area contributed by atoms with Gasteiger partial charge in [-0.1, -0.05) is 19.1 Å². The number of rotatable bonds is 2. The molecule has 17 heavy (non-hydrogen) atoms. The number of amides is 1. The molecule has 3 aliphatic rings. The van der Waals surface area contributed by atoms with E-state index in [1.54, 1.807) is 0 Å². The van der Waals surface area contributed by atoms with Gasteiger partial charge in [-0.3, -0.25) is 4.79 Å². The average molecular weight is 233 g/mol. The number of allylic oxidation sites excluding steroid dienone is 2. The van der Waals surface area contributed by atoms with Gasteiger partial charge in [0.05, 0.1) is 0 Å². The molecule has 0 aromatic heterocycles. The van der Waals surface area contributed by atoms with Crippen LogP contribution in [0.15, 0.2) is 12.2 Å². The van der Waals surface area contributed by atoms with E-state index in [1.807, 2.05) is 0 Å². The molecule has 0 spiro atoms. The highest BCUT2D eigenvalue weighted by Gasteiger charge is 2.42. The zero-order valence-corrected chi connectivity index (χ0v) is 10.8. The van der Waals surface area contributed by atoms with Crippen molar-refractivity contribution in [2.24, 2.45) is 17.8 Å². The van der Waals surface area contributed by atoms with Gasteiger partial charge < -0.3 is 4.90 Å². The molecule has 3 rings (SSSR count). The van der Waals surface area contributed by atoms with Gasteiger partial charge in [0, 0.05) is 18.5 Å². The van der Waals surface area contributed by atoms with Crippen molar-refractivity contribution in [1.29, 1.82) is 0 Å². The predicted molar refractivity (Wildman–Crippen MR) is 68.5 cm³/mol. The second-order valence-corrected chi connectivity index (χ2v) is 5.98. The van der Waals surface area contributed by atoms with Gasteiger partial charge in [0.1, 0.15) is 0 Å².